The first-order chi connectivity index (χ1) is 17.3. The number of nitrogens with one attached hydrogen (secondary N) is 1. The third-order valence-electron chi connectivity index (χ3n) is 8.96. The van der Waals surface area contributed by atoms with Gasteiger partial charge in [0.25, 0.3) is 5.91 Å². The number of amides is 1. The molecule has 1 heterocycles. The van der Waals surface area contributed by atoms with Gasteiger partial charge in [-0.05, 0) is 101 Å². The van der Waals surface area contributed by atoms with E-state index in [9.17, 15) is 4.79 Å². The maximum absolute atomic E-state index is 13.1. The molecule has 0 spiro atoms. The zero-order valence-electron chi connectivity index (χ0n) is 21.7. The van der Waals surface area contributed by atoms with Gasteiger partial charge in [-0.25, -0.2) is 0 Å². The maximum atomic E-state index is 13.1. The van der Waals surface area contributed by atoms with Crippen molar-refractivity contribution in [1.29, 1.82) is 0 Å². The Morgan fingerprint density at radius 2 is 1.92 bits per heavy atom. The molecular weight excluding hydrogens is 508 g/mol. The monoisotopic (exact) mass is 544 g/mol. The minimum atomic E-state index is -0.0733. The van der Waals surface area contributed by atoms with Crippen molar-refractivity contribution in [1.82, 2.24) is 10.3 Å². The molecule has 2 aliphatic carbocycles. The summed E-state index contributed by atoms with van der Waals surface area (Å²) in [6.07, 6.45) is 8.46. The van der Waals surface area contributed by atoms with E-state index in [1.807, 2.05) is 12.1 Å². The van der Waals surface area contributed by atoms with Gasteiger partial charge in [-0.15, -0.1) is 0 Å². The highest BCUT2D eigenvalue weighted by Crippen LogP contribution is 2.58. The van der Waals surface area contributed by atoms with Crippen LogP contribution in [-0.2, 0) is 18.3 Å². The van der Waals surface area contributed by atoms with Crippen LogP contribution >= 0.6 is 15.9 Å². The molecule has 1 aromatic heterocycles. The molecule has 4 heteroatoms. The summed E-state index contributed by atoms with van der Waals surface area (Å²) < 4.78 is 1.10. The Labute approximate surface area is 224 Å². The van der Waals surface area contributed by atoms with Crippen molar-refractivity contribution in [2.75, 3.05) is 6.54 Å². The summed E-state index contributed by atoms with van der Waals surface area (Å²) in [6.45, 7) is 7.74. The van der Waals surface area contributed by atoms with Gasteiger partial charge in [-0.3, -0.25) is 9.78 Å². The number of aryl methyl sites for hydroxylation is 1. The minimum absolute atomic E-state index is 0.000318. The van der Waals surface area contributed by atoms with E-state index in [4.69, 9.17) is 0 Å². The zero-order valence-corrected chi connectivity index (χ0v) is 23.3. The van der Waals surface area contributed by atoms with Gasteiger partial charge in [-0.1, -0.05) is 79.5 Å². The van der Waals surface area contributed by atoms with E-state index in [0.717, 1.165) is 23.7 Å². The Kier molecular flexibility index (Phi) is 7.09. The lowest BCUT2D eigenvalue weighted by Crippen LogP contribution is -2.55. The first kappa shape index (κ1) is 25.2. The molecule has 0 unspecified atom stereocenters. The largest absolute Gasteiger partial charge is 0.350 e. The second kappa shape index (κ2) is 10.1. The smallest absolute Gasteiger partial charge is 0.269 e. The number of nitrogens with zero attached hydrogens (tertiary/aromatic N) is 1. The predicted molar refractivity (Wildman–Crippen MR) is 150 cm³/mol. The van der Waals surface area contributed by atoms with Crippen LogP contribution in [0.25, 0.3) is 0 Å². The lowest BCUT2D eigenvalue weighted by molar-refractivity contribution is 0.0111. The fraction of sp³-hybridized carbons (Fsp3) is 0.438. The Bertz CT molecular complexity index is 1220. The van der Waals surface area contributed by atoms with Gasteiger partial charge in [0.05, 0.1) is 0 Å². The number of hydrogen-bond donors (Lipinski definition) is 1. The number of halogens is 1. The zero-order chi connectivity index (χ0) is 25.3. The molecule has 0 radical (unpaired) electrons. The van der Waals surface area contributed by atoms with Crippen molar-refractivity contribution in [3.8, 4) is 0 Å². The molecule has 0 saturated heterocycles. The van der Waals surface area contributed by atoms with E-state index in [1.165, 1.54) is 36.0 Å². The van der Waals surface area contributed by atoms with Crippen LogP contribution in [0.15, 0.2) is 71.3 Å². The molecule has 36 heavy (non-hydrogen) atoms. The first-order valence-electron chi connectivity index (χ1n) is 13.4. The van der Waals surface area contributed by atoms with E-state index in [0.29, 0.717) is 24.1 Å². The molecule has 3 aromatic rings. The Morgan fingerprint density at radius 3 is 2.64 bits per heavy atom. The normalized spacial score (nSPS) is 25.2. The minimum Gasteiger partial charge on any atom is -0.350 e. The SMILES string of the molecule is CC(C)c1ccc2c(c1)CC[C@H]1[C@@](CNC(=O)c3ccccn3)(Cc3ccc(Br)cc3)CCC[C@]21C. The van der Waals surface area contributed by atoms with Crippen molar-refractivity contribution in [3.63, 3.8) is 0 Å². The lowest BCUT2D eigenvalue weighted by atomic mass is 9.48. The van der Waals surface area contributed by atoms with E-state index in [1.54, 1.807) is 17.8 Å². The first-order valence-corrected chi connectivity index (χ1v) is 14.2. The number of aromatic nitrogens is 1. The highest BCUT2D eigenvalue weighted by atomic mass is 79.9. The number of carbonyl (C=O) groups excluding carboxylic acids is 1. The van der Waals surface area contributed by atoms with Gasteiger partial charge in [0.2, 0.25) is 0 Å². The fourth-order valence-electron chi connectivity index (χ4n) is 7.15. The standard InChI is InChI=1S/C32H37BrN2O/c1-22(2)24-10-14-27-25(19-24)11-15-29-31(27,3)16-6-17-32(29,20-23-8-12-26(33)13-9-23)21-35-30(36)28-7-4-5-18-34-28/h4-5,7-10,12-14,18-19,22,29H,6,11,15-17,20-21H2,1-3H3,(H,35,36)/t29-,31-,32-/m1/s1. The number of pyridine rings is 1. The second-order valence-electron chi connectivity index (χ2n) is 11.5. The second-order valence-corrected chi connectivity index (χ2v) is 12.4. The molecule has 2 aromatic carbocycles. The summed E-state index contributed by atoms with van der Waals surface area (Å²) in [7, 11) is 0. The van der Waals surface area contributed by atoms with Gasteiger partial charge in [-0.2, -0.15) is 0 Å². The molecule has 1 amide bonds. The molecule has 1 N–H and O–H groups in total. The molecule has 188 valence electrons. The van der Waals surface area contributed by atoms with E-state index in [-0.39, 0.29) is 16.7 Å². The molecule has 1 saturated carbocycles. The van der Waals surface area contributed by atoms with Gasteiger partial charge < -0.3 is 5.32 Å². The van der Waals surface area contributed by atoms with Crippen molar-refractivity contribution in [2.24, 2.45) is 11.3 Å². The Balaban J connectivity index is 1.51. The van der Waals surface area contributed by atoms with Crippen molar-refractivity contribution >= 4 is 21.8 Å². The molecule has 1 fully saturated rings. The number of rotatable bonds is 6. The van der Waals surface area contributed by atoms with E-state index < -0.39 is 0 Å². The van der Waals surface area contributed by atoms with Crippen LogP contribution in [0, 0.1) is 11.3 Å². The van der Waals surface area contributed by atoms with E-state index >= 15 is 0 Å². The van der Waals surface area contributed by atoms with Crippen LogP contribution in [0.4, 0.5) is 0 Å². The fourth-order valence-corrected chi connectivity index (χ4v) is 7.42. The van der Waals surface area contributed by atoms with Crippen LogP contribution in [0.1, 0.15) is 85.1 Å². The summed E-state index contributed by atoms with van der Waals surface area (Å²) in [6, 6.07) is 21.5. The lowest BCUT2D eigenvalue weighted by Gasteiger charge is -2.57. The highest BCUT2D eigenvalue weighted by molar-refractivity contribution is 9.10. The summed E-state index contributed by atoms with van der Waals surface area (Å²) in [5, 5.41) is 3.33. The number of fused-ring (bicyclic) bond motifs is 3. The summed E-state index contributed by atoms with van der Waals surface area (Å²) in [5.74, 6) is 0.977. The molecular formula is C32H37BrN2O. The highest BCUT2D eigenvalue weighted by Gasteiger charge is 2.53. The van der Waals surface area contributed by atoms with E-state index in [2.05, 4.69) is 89.5 Å². The van der Waals surface area contributed by atoms with Crippen LogP contribution in [0.2, 0.25) is 0 Å². The average molecular weight is 546 g/mol. The third kappa shape index (κ3) is 4.77. The molecule has 0 bridgehead atoms. The van der Waals surface area contributed by atoms with Gasteiger partial charge in [0.15, 0.2) is 0 Å². The molecule has 5 rings (SSSR count). The van der Waals surface area contributed by atoms with Crippen LogP contribution in [-0.4, -0.2) is 17.4 Å². The van der Waals surface area contributed by atoms with Gasteiger partial charge in [0, 0.05) is 17.2 Å². The maximum Gasteiger partial charge on any atom is 0.269 e. The topological polar surface area (TPSA) is 42.0 Å². The summed E-state index contributed by atoms with van der Waals surface area (Å²) in [4.78, 5) is 17.4. The Hall–Kier alpha value is -2.46. The van der Waals surface area contributed by atoms with Crippen LogP contribution in [0.5, 0.6) is 0 Å². The molecule has 3 nitrogen and oxygen atoms in total. The summed E-state index contributed by atoms with van der Waals surface area (Å²) >= 11 is 3.59. The number of hydrogen-bond acceptors (Lipinski definition) is 2. The molecule has 0 aliphatic heterocycles. The summed E-state index contributed by atoms with van der Waals surface area (Å²) in [5.41, 5.74) is 6.47. The predicted octanol–water partition coefficient (Wildman–Crippen LogP) is 7.63. The molecule has 3 atom stereocenters. The van der Waals surface area contributed by atoms with Crippen molar-refractivity contribution in [3.05, 3.63) is 99.3 Å². The van der Waals surface area contributed by atoms with Crippen molar-refractivity contribution in [2.45, 2.75) is 70.6 Å². The number of carbonyl (C=O) groups is 1. The van der Waals surface area contributed by atoms with Crippen LogP contribution in [0.3, 0.4) is 0 Å². The molecule has 2 aliphatic rings. The van der Waals surface area contributed by atoms with Gasteiger partial charge >= 0.3 is 0 Å². The number of benzene rings is 2. The third-order valence-corrected chi connectivity index (χ3v) is 9.49. The van der Waals surface area contributed by atoms with Crippen molar-refractivity contribution < 1.29 is 4.79 Å². The van der Waals surface area contributed by atoms with Gasteiger partial charge in [0.1, 0.15) is 5.69 Å². The Morgan fingerprint density at radius 1 is 1.11 bits per heavy atom. The van der Waals surface area contributed by atoms with Crippen LogP contribution < -0.4 is 5.32 Å². The average Bonchev–Trinajstić information content (AvgIpc) is 2.88. The quantitative estimate of drug-likeness (QED) is 0.346.